The van der Waals surface area contributed by atoms with Gasteiger partial charge in [0.1, 0.15) is 17.6 Å². The molecular weight excluding hydrogens is 440 g/mol. The summed E-state index contributed by atoms with van der Waals surface area (Å²) in [5.74, 6) is -1.15. The van der Waals surface area contributed by atoms with Gasteiger partial charge in [0.2, 0.25) is 0 Å². The highest BCUT2D eigenvalue weighted by molar-refractivity contribution is 6.51. The lowest BCUT2D eigenvalue weighted by Crippen LogP contribution is -2.30. The van der Waals surface area contributed by atoms with E-state index in [1.807, 2.05) is 20.8 Å². The summed E-state index contributed by atoms with van der Waals surface area (Å²) in [5, 5.41) is 11.7. The topological polar surface area (TPSA) is 79.7 Å². The number of anilines is 1. The third-order valence-corrected chi connectivity index (χ3v) is 5.57. The number of rotatable bonds is 5. The van der Waals surface area contributed by atoms with Crippen LogP contribution >= 0.6 is 11.6 Å². The van der Waals surface area contributed by atoms with Gasteiger partial charge in [-0.25, -0.2) is 0 Å². The summed E-state index contributed by atoms with van der Waals surface area (Å²) in [7, 11) is 0. The molecule has 1 aliphatic heterocycles. The molecule has 1 saturated heterocycles. The number of pyridine rings is 1. The Labute approximate surface area is 197 Å². The van der Waals surface area contributed by atoms with E-state index in [1.54, 1.807) is 66.9 Å². The zero-order chi connectivity index (χ0) is 23.7. The first kappa shape index (κ1) is 22.6. The van der Waals surface area contributed by atoms with E-state index in [1.165, 1.54) is 4.90 Å². The molecule has 2 aromatic carbocycles. The SMILES string of the molecule is Cc1cc(Cl)ccc1N1C(=O)C(=O)/C(=C(/O)c2ccc(OC(C)C)cc2)C1c1ccccn1. The standard InChI is InChI=1S/C26H23ClN2O4/c1-15(2)33-19-10-7-17(8-11-19)24(30)22-23(20-6-4-5-13-28-20)29(26(32)25(22)31)21-12-9-18(27)14-16(21)3/h4-15,23,30H,1-3H3/b24-22+. The van der Waals surface area contributed by atoms with Gasteiger partial charge >= 0.3 is 0 Å². The Balaban J connectivity index is 1.87. The summed E-state index contributed by atoms with van der Waals surface area (Å²) >= 11 is 6.10. The Morgan fingerprint density at radius 1 is 1.09 bits per heavy atom. The fourth-order valence-electron chi connectivity index (χ4n) is 3.91. The average Bonchev–Trinajstić information content (AvgIpc) is 3.05. The summed E-state index contributed by atoms with van der Waals surface area (Å²) in [6.45, 7) is 5.64. The Bertz CT molecular complexity index is 1240. The number of carbonyl (C=O) groups excluding carboxylic acids is 2. The van der Waals surface area contributed by atoms with Crippen LogP contribution < -0.4 is 9.64 Å². The van der Waals surface area contributed by atoms with Gasteiger partial charge in [-0.2, -0.15) is 0 Å². The van der Waals surface area contributed by atoms with Crippen LogP contribution in [0.2, 0.25) is 5.02 Å². The van der Waals surface area contributed by atoms with E-state index in [0.717, 1.165) is 5.56 Å². The maximum Gasteiger partial charge on any atom is 0.300 e. The van der Waals surface area contributed by atoms with Gasteiger partial charge in [-0.15, -0.1) is 0 Å². The second kappa shape index (κ2) is 9.08. The minimum atomic E-state index is -0.891. The Hall–Kier alpha value is -3.64. The Kier molecular flexibility index (Phi) is 6.20. The van der Waals surface area contributed by atoms with Crippen LogP contribution in [0, 0.1) is 6.92 Å². The van der Waals surface area contributed by atoms with Gasteiger partial charge in [-0.3, -0.25) is 19.5 Å². The molecule has 1 aliphatic rings. The molecule has 2 heterocycles. The van der Waals surface area contributed by atoms with Crippen LogP contribution in [0.4, 0.5) is 5.69 Å². The van der Waals surface area contributed by atoms with E-state index in [-0.39, 0.29) is 17.4 Å². The van der Waals surface area contributed by atoms with Crippen molar-refractivity contribution in [1.82, 2.24) is 4.98 Å². The monoisotopic (exact) mass is 462 g/mol. The average molecular weight is 463 g/mol. The summed E-state index contributed by atoms with van der Waals surface area (Å²) in [5.41, 5.74) is 2.09. The molecule has 0 spiro atoms. The molecule has 1 fully saturated rings. The molecule has 168 valence electrons. The Morgan fingerprint density at radius 2 is 1.82 bits per heavy atom. The number of amides is 1. The number of hydrogen-bond acceptors (Lipinski definition) is 5. The number of ether oxygens (including phenoxy) is 1. The van der Waals surface area contributed by atoms with Crippen molar-refractivity contribution in [2.75, 3.05) is 4.90 Å². The second-order valence-electron chi connectivity index (χ2n) is 8.05. The number of aromatic nitrogens is 1. The normalized spacial score (nSPS) is 17.6. The van der Waals surface area contributed by atoms with Gasteiger partial charge in [0.15, 0.2) is 0 Å². The van der Waals surface area contributed by atoms with Crippen molar-refractivity contribution in [1.29, 1.82) is 0 Å². The van der Waals surface area contributed by atoms with Crippen molar-refractivity contribution in [3.05, 3.63) is 94.3 Å². The van der Waals surface area contributed by atoms with Crippen molar-refractivity contribution in [2.24, 2.45) is 0 Å². The van der Waals surface area contributed by atoms with Gasteiger partial charge in [0.25, 0.3) is 11.7 Å². The first-order valence-corrected chi connectivity index (χ1v) is 10.9. The number of Topliss-reactive ketones (excluding diaryl/α,β-unsaturated/α-hetero) is 1. The lowest BCUT2D eigenvalue weighted by atomic mass is 9.98. The fraction of sp³-hybridized carbons (Fsp3) is 0.192. The van der Waals surface area contributed by atoms with Gasteiger partial charge in [-0.05, 0) is 80.9 Å². The summed E-state index contributed by atoms with van der Waals surface area (Å²) < 4.78 is 5.65. The predicted octanol–water partition coefficient (Wildman–Crippen LogP) is 5.46. The number of aliphatic hydroxyl groups excluding tert-OH is 1. The van der Waals surface area contributed by atoms with Crippen LogP contribution in [-0.2, 0) is 9.59 Å². The molecule has 0 bridgehead atoms. The van der Waals surface area contributed by atoms with Crippen molar-refractivity contribution in [3.8, 4) is 5.75 Å². The van der Waals surface area contributed by atoms with Gasteiger partial charge in [0, 0.05) is 22.5 Å². The van der Waals surface area contributed by atoms with Crippen LogP contribution in [0.5, 0.6) is 5.75 Å². The van der Waals surface area contributed by atoms with Crippen LogP contribution in [0.15, 0.2) is 72.4 Å². The van der Waals surface area contributed by atoms with Crippen molar-refractivity contribution >= 4 is 34.7 Å². The summed E-state index contributed by atoms with van der Waals surface area (Å²) in [6, 6.07) is 16.2. The quantitative estimate of drug-likeness (QED) is 0.309. The second-order valence-corrected chi connectivity index (χ2v) is 8.48. The van der Waals surface area contributed by atoms with E-state index >= 15 is 0 Å². The number of hydrogen-bond donors (Lipinski definition) is 1. The third kappa shape index (κ3) is 4.34. The molecule has 1 atom stereocenters. The molecule has 7 heteroatoms. The molecule has 6 nitrogen and oxygen atoms in total. The molecule has 0 radical (unpaired) electrons. The summed E-state index contributed by atoms with van der Waals surface area (Å²) in [6.07, 6.45) is 1.59. The number of carbonyl (C=O) groups is 2. The number of benzene rings is 2. The molecular formula is C26H23ClN2O4. The van der Waals surface area contributed by atoms with Gasteiger partial charge < -0.3 is 9.84 Å². The zero-order valence-corrected chi connectivity index (χ0v) is 19.2. The Morgan fingerprint density at radius 3 is 2.42 bits per heavy atom. The molecule has 0 aliphatic carbocycles. The van der Waals surface area contributed by atoms with Crippen LogP contribution in [0.1, 0.15) is 36.7 Å². The van der Waals surface area contributed by atoms with E-state index < -0.39 is 17.7 Å². The highest BCUT2D eigenvalue weighted by atomic mass is 35.5. The van der Waals surface area contributed by atoms with E-state index in [2.05, 4.69) is 4.98 Å². The first-order valence-electron chi connectivity index (χ1n) is 10.5. The molecule has 33 heavy (non-hydrogen) atoms. The van der Waals surface area contributed by atoms with Crippen LogP contribution in [0.3, 0.4) is 0 Å². The molecule has 0 saturated carbocycles. The van der Waals surface area contributed by atoms with Crippen molar-refractivity contribution in [2.45, 2.75) is 32.9 Å². The zero-order valence-electron chi connectivity index (χ0n) is 18.4. The minimum Gasteiger partial charge on any atom is -0.507 e. The lowest BCUT2D eigenvalue weighted by molar-refractivity contribution is -0.132. The highest BCUT2D eigenvalue weighted by Gasteiger charge is 2.48. The molecule has 1 aromatic heterocycles. The maximum atomic E-state index is 13.2. The number of nitrogens with zero attached hydrogens (tertiary/aromatic N) is 2. The molecule has 1 unspecified atom stereocenters. The minimum absolute atomic E-state index is 0.00143. The van der Waals surface area contributed by atoms with Crippen LogP contribution in [-0.4, -0.2) is 27.9 Å². The summed E-state index contributed by atoms with van der Waals surface area (Å²) in [4.78, 5) is 32.2. The number of ketones is 1. The number of halogens is 1. The number of aliphatic hydroxyl groups is 1. The molecule has 4 rings (SSSR count). The van der Waals surface area contributed by atoms with Gasteiger partial charge in [0.05, 0.1) is 17.4 Å². The van der Waals surface area contributed by atoms with Gasteiger partial charge in [-0.1, -0.05) is 17.7 Å². The molecule has 3 aromatic rings. The number of aryl methyl sites for hydroxylation is 1. The van der Waals surface area contributed by atoms with E-state index in [9.17, 15) is 14.7 Å². The molecule has 1 amide bonds. The third-order valence-electron chi connectivity index (χ3n) is 5.33. The fourth-order valence-corrected chi connectivity index (χ4v) is 4.13. The van der Waals surface area contributed by atoms with Crippen molar-refractivity contribution < 1.29 is 19.4 Å². The first-order chi connectivity index (χ1) is 15.8. The molecule has 1 N–H and O–H groups in total. The highest BCUT2D eigenvalue weighted by Crippen LogP contribution is 2.42. The lowest BCUT2D eigenvalue weighted by Gasteiger charge is -2.26. The maximum absolute atomic E-state index is 13.2. The smallest absolute Gasteiger partial charge is 0.300 e. The predicted molar refractivity (Wildman–Crippen MR) is 127 cm³/mol. The van der Waals surface area contributed by atoms with Crippen LogP contribution in [0.25, 0.3) is 5.76 Å². The van der Waals surface area contributed by atoms with E-state index in [0.29, 0.717) is 27.7 Å². The van der Waals surface area contributed by atoms with Crippen molar-refractivity contribution in [3.63, 3.8) is 0 Å². The largest absolute Gasteiger partial charge is 0.507 e. The van der Waals surface area contributed by atoms with E-state index in [4.69, 9.17) is 16.3 Å².